The number of ether oxygens (including phenoxy) is 1. The zero-order valence-corrected chi connectivity index (χ0v) is 46.8. The normalized spacial score (nSPS) is 13.1. The molecule has 1 unspecified atom stereocenters. The van der Waals surface area contributed by atoms with Crippen LogP contribution in [-0.4, -0.2) is 80.1 Å². The van der Waals surface area contributed by atoms with E-state index in [1.165, 1.54) is 99.0 Å². The number of aliphatic hydroxyl groups excluding tert-OH is 1. The molecule has 8 N–H and O–H groups in total. The van der Waals surface area contributed by atoms with Gasteiger partial charge in [0.25, 0.3) is 21.1 Å². The van der Waals surface area contributed by atoms with Crippen molar-refractivity contribution in [3.8, 4) is 11.4 Å². The average molecular weight is 1170 g/mol. The molecule has 0 bridgehead atoms. The number of H-pyrrole nitrogens is 2. The predicted octanol–water partition coefficient (Wildman–Crippen LogP) is 4.07. The van der Waals surface area contributed by atoms with Gasteiger partial charge in [0.1, 0.15) is 20.1 Å². The minimum Gasteiger partial charge on any atom is -0.424 e. The van der Waals surface area contributed by atoms with Gasteiger partial charge < -0.3 is 45.8 Å². The smallest absolute Gasteiger partial charge is 0.424 e. The van der Waals surface area contributed by atoms with Crippen LogP contribution in [0.5, 0.6) is 0 Å². The van der Waals surface area contributed by atoms with Crippen LogP contribution in [0.1, 0.15) is 12.8 Å². The number of amides is 4. The first-order valence-electron chi connectivity index (χ1n) is 21.0. The Morgan fingerprint density at radius 1 is 0.707 bits per heavy atom. The number of anilines is 4. The number of aromatic nitrogens is 4. The van der Waals surface area contributed by atoms with Crippen LogP contribution in [0.4, 0.5) is 41.1 Å². The van der Waals surface area contributed by atoms with Crippen LogP contribution in [0.15, 0.2) is 125 Å². The van der Waals surface area contributed by atoms with Gasteiger partial charge in [-0.25, -0.2) is 53.9 Å². The van der Waals surface area contributed by atoms with Gasteiger partial charge in [-0.05, 0) is 97.0 Å². The number of hydrogen-bond acceptors (Lipinski definition) is 16. The number of thiophene rings is 2. The summed E-state index contributed by atoms with van der Waals surface area (Å²) < 4.78 is 88.5. The van der Waals surface area contributed by atoms with Gasteiger partial charge in [-0.1, -0.05) is 35.3 Å². The molecule has 4 aromatic heterocycles. The van der Waals surface area contributed by atoms with Crippen LogP contribution in [0.3, 0.4) is 0 Å². The molecule has 31 heteroatoms. The van der Waals surface area contributed by atoms with E-state index >= 15 is 0 Å². The van der Waals surface area contributed by atoms with Crippen molar-refractivity contribution in [3.05, 3.63) is 164 Å². The molecule has 1 atom stereocenters. The summed E-state index contributed by atoms with van der Waals surface area (Å²) in [6.45, 7) is 0.737. The van der Waals surface area contributed by atoms with E-state index in [2.05, 4.69) is 36.0 Å². The fourth-order valence-electron chi connectivity index (χ4n) is 6.78. The number of benzene rings is 4. The third-order valence-corrected chi connectivity index (χ3v) is 16.2. The van der Waals surface area contributed by atoms with E-state index < -0.39 is 72.5 Å². The van der Waals surface area contributed by atoms with Crippen LogP contribution in [0, 0.1) is 11.6 Å². The fourth-order valence-corrected chi connectivity index (χ4v) is 11.5. The van der Waals surface area contributed by atoms with E-state index in [0.29, 0.717) is 0 Å². The van der Waals surface area contributed by atoms with Gasteiger partial charge in [0.2, 0.25) is 10.0 Å². The van der Waals surface area contributed by atoms with Crippen LogP contribution in [0.2, 0.25) is 8.67 Å². The largest absolute Gasteiger partial charge is 1.00 e. The topological polar surface area (TPSA) is 316 Å². The second-order valence-corrected chi connectivity index (χ2v) is 22.3. The Labute approximate surface area is 482 Å². The quantitative estimate of drug-likeness (QED) is 0.0896. The summed E-state index contributed by atoms with van der Waals surface area (Å²) in [7, 11) is -5.32. The Hall–Kier alpha value is -5.80. The first-order chi connectivity index (χ1) is 35.1. The number of fused-ring (bicyclic) bond motifs is 2. The minimum absolute atomic E-state index is 0. The first kappa shape index (κ1) is 58.5. The summed E-state index contributed by atoms with van der Waals surface area (Å²) in [6.07, 6.45) is 1.38. The number of nitrogens with zero attached hydrogens (tertiary/aromatic N) is 3. The molecule has 5 heterocycles. The zero-order valence-electron chi connectivity index (χ0n) is 38.9. The van der Waals surface area contributed by atoms with Crippen molar-refractivity contribution in [2.45, 2.75) is 27.6 Å². The minimum atomic E-state index is -4.23. The van der Waals surface area contributed by atoms with Crippen molar-refractivity contribution in [2.75, 3.05) is 42.0 Å². The van der Waals surface area contributed by atoms with Crippen LogP contribution in [0.25, 0.3) is 37.9 Å². The molecule has 1 aliphatic rings. The number of nitrogens with one attached hydrogen (secondary N) is 7. The molecule has 0 radical (unpaired) electrons. The van der Waals surface area contributed by atoms with Crippen molar-refractivity contribution in [2.24, 2.45) is 0 Å². The number of aliphatic hydroxyl groups is 1. The summed E-state index contributed by atoms with van der Waals surface area (Å²) in [5.74, 6) is -1.32. The van der Waals surface area contributed by atoms with E-state index in [1.807, 2.05) is 4.72 Å². The summed E-state index contributed by atoms with van der Waals surface area (Å²) >= 11 is 13.0. The van der Waals surface area contributed by atoms with E-state index in [9.17, 15) is 54.4 Å². The number of halogens is 4. The molecule has 9 rings (SSSR count). The number of aromatic amines is 2. The molecule has 0 saturated carbocycles. The summed E-state index contributed by atoms with van der Waals surface area (Å²) in [4.78, 5) is 80.0. The van der Waals surface area contributed by atoms with Crippen molar-refractivity contribution in [3.63, 3.8) is 0 Å². The maximum Gasteiger partial charge on any atom is 1.00 e. The van der Waals surface area contributed by atoms with Gasteiger partial charge in [0, 0.05) is 32.8 Å². The first-order valence-corrected chi connectivity index (χ1v) is 26.4. The molecule has 4 aromatic carbocycles. The SMILES string of the molecule is CNc1cc2[nH]c(=O)n(-c3ccc(NC(=O)NS(=O)(=O)c4ccc(Cl)s4)cc3)c(=O)c2cc1F.CNc1cc2[nH]c(=O)n(-c3ccc(NC(=O)[N-]S(=O)(=O)c4ccc(Cl)s4)cc3)c(=O)c2cc1F.OC1CCCO1.[K+]. The molecule has 22 nitrogen and oxygen atoms in total. The summed E-state index contributed by atoms with van der Waals surface area (Å²) in [5, 5.41) is 18.3. The van der Waals surface area contributed by atoms with Gasteiger partial charge in [-0.2, -0.15) is 0 Å². The maximum atomic E-state index is 14.1. The number of carbonyl (C=O) groups is 2. The average Bonchev–Trinajstić information content (AvgIpc) is 4.14. The Morgan fingerprint density at radius 2 is 1.16 bits per heavy atom. The number of urea groups is 2. The summed E-state index contributed by atoms with van der Waals surface area (Å²) in [5.41, 5.74) is -1.76. The van der Waals surface area contributed by atoms with Crippen LogP contribution in [-0.2, 0) is 24.8 Å². The molecular weight excluding hydrogens is 1140 g/mol. The Bertz CT molecular complexity index is 3680. The van der Waals surface area contributed by atoms with E-state index in [1.54, 1.807) is 0 Å². The van der Waals surface area contributed by atoms with Crippen molar-refractivity contribution < 1.29 is 96.4 Å². The Balaban J connectivity index is 0.000000216. The summed E-state index contributed by atoms with van der Waals surface area (Å²) in [6, 6.07) is 18.6. The second kappa shape index (κ2) is 24.9. The number of sulfonamides is 2. The van der Waals surface area contributed by atoms with Crippen LogP contribution >= 0.6 is 45.9 Å². The molecule has 388 valence electrons. The third kappa shape index (κ3) is 14.2. The molecular formula is C44H37Cl2F2KN10O12S4. The fraction of sp³-hybridized carbons (Fsp3) is 0.136. The zero-order chi connectivity index (χ0) is 53.6. The molecule has 0 aliphatic carbocycles. The molecule has 4 amide bonds. The van der Waals surface area contributed by atoms with Crippen molar-refractivity contribution >= 4 is 123 Å². The molecule has 0 spiro atoms. The number of carbonyl (C=O) groups excluding carboxylic acids is 2. The maximum absolute atomic E-state index is 14.1. The molecule has 8 aromatic rings. The molecule has 1 fully saturated rings. The predicted molar refractivity (Wildman–Crippen MR) is 278 cm³/mol. The monoisotopic (exact) mass is 1170 g/mol. The van der Waals surface area contributed by atoms with Gasteiger partial charge in [-0.3, -0.25) is 14.4 Å². The Kier molecular flexibility index (Phi) is 19.4. The third-order valence-electron chi connectivity index (χ3n) is 10.2. The second-order valence-electron chi connectivity index (χ2n) is 15.1. The number of rotatable bonds is 10. The Morgan fingerprint density at radius 3 is 1.55 bits per heavy atom. The molecule has 1 saturated heterocycles. The van der Waals surface area contributed by atoms with E-state index in [0.717, 1.165) is 63.4 Å². The van der Waals surface area contributed by atoms with Gasteiger partial charge in [-0.15, -0.1) is 22.7 Å². The standard InChI is InChI=1S/2C20H15ClFN5O5S2.C4H8O2.K/c2*1-23-15-9-14-12(8-13(15)22)18(28)27(20(30)25-14)11-4-2-10(3-5-11)24-19(29)26-34(31,32)17-7-6-16(21)33-17;5-4-2-1-3-6-4;/h2-9H,1H3,(H4,23,24,25,26,28,29,30);2-9,23H,1H3,(H,25,30)(H2,24,26,29);4-5H,1-3H2;/q;;;+1/p-1. The van der Waals surface area contributed by atoms with Gasteiger partial charge >= 0.3 is 68.8 Å². The van der Waals surface area contributed by atoms with E-state index in [-0.39, 0.29) is 124 Å². The van der Waals surface area contributed by atoms with Gasteiger partial charge in [0.05, 0.1) is 53.2 Å². The van der Waals surface area contributed by atoms with Crippen LogP contribution < -0.4 is 99.9 Å². The van der Waals surface area contributed by atoms with Crippen molar-refractivity contribution in [1.29, 1.82) is 0 Å². The molecule has 1 aliphatic heterocycles. The van der Waals surface area contributed by atoms with Crippen molar-refractivity contribution in [1.82, 2.24) is 23.8 Å². The van der Waals surface area contributed by atoms with Gasteiger partial charge in [0.15, 0.2) is 12.3 Å². The van der Waals surface area contributed by atoms with E-state index in [4.69, 9.17) is 33.0 Å². The molecule has 75 heavy (non-hydrogen) atoms. The number of hydrogen-bond donors (Lipinski definition) is 8.